The van der Waals surface area contributed by atoms with Gasteiger partial charge in [0.1, 0.15) is 5.65 Å². The first kappa shape index (κ1) is 12.7. The number of nitrogens with zero attached hydrogens (tertiary/aromatic N) is 2. The molecule has 1 saturated carbocycles. The molecule has 1 fully saturated rings. The second-order valence-corrected chi connectivity index (χ2v) is 5.93. The van der Waals surface area contributed by atoms with E-state index in [0.717, 1.165) is 35.1 Å². The average molecular weight is 322 g/mol. The van der Waals surface area contributed by atoms with Crippen LogP contribution in [0.2, 0.25) is 0 Å². The van der Waals surface area contributed by atoms with Gasteiger partial charge < -0.3 is 9.72 Å². The standard InChI is InChI=1S/C14H16BrN3O/c15-11-4-5-13-17-12(9-18(13)8-11)6-7-16-14(19)10-2-1-3-10/h4-5,8-10H,1-3,6-7H2,(H,16,19). The quantitative estimate of drug-likeness (QED) is 0.940. The Morgan fingerprint density at radius 2 is 2.26 bits per heavy atom. The number of carbonyl (C=O) groups is 1. The number of pyridine rings is 1. The molecule has 5 heteroatoms. The molecule has 0 unspecified atom stereocenters. The molecule has 0 aliphatic heterocycles. The Hall–Kier alpha value is -1.36. The largest absolute Gasteiger partial charge is 0.355 e. The molecule has 4 nitrogen and oxygen atoms in total. The molecule has 3 rings (SSSR count). The summed E-state index contributed by atoms with van der Waals surface area (Å²) < 4.78 is 3.02. The first-order valence-electron chi connectivity index (χ1n) is 6.63. The minimum absolute atomic E-state index is 0.206. The van der Waals surface area contributed by atoms with Crippen molar-refractivity contribution in [2.45, 2.75) is 25.7 Å². The summed E-state index contributed by atoms with van der Waals surface area (Å²) in [5.74, 6) is 0.467. The molecule has 0 bridgehead atoms. The van der Waals surface area contributed by atoms with Crippen LogP contribution in [0.5, 0.6) is 0 Å². The van der Waals surface area contributed by atoms with Gasteiger partial charge in [-0.2, -0.15) is 0 Å². The van der Waals surface area contributed by atoms with Crippen molar-refractivity contribution in [1.82, 2.24) is 14.7 Å². The van der Waals surface area contributed by atoms with Crippen LogP contribution in [0, 0.1) is 5.92 Å². The Labute approximate surface area is 120 Å². The molecule has 19 heavy (non-hydrogen) atoms. The van der Waals surface area contributed by atoms with E-state index in [-0.39, 0.29) is 11.8 Å². The van der Waals surface area contributed by atoms with Gasteiger partial charge in [0.05, 0.1) is 5.69 Å². The number of rotatable bonds is 4. The highest BCUT2D eigenvalue weighted by Gasteiger charge is 2.24. The predicted molar refractivity (Wildman–Crippen MR) is 76.9 cm³/mol. The normalized spacial score (nSPS) is 15.4. The fourth-order valence-electron chi connectivity index (χ4n) is 2.27. The highest BCUT2D eigenvalue weighted by atomic mass is 79.9. The van der Waals surface area contributed by atoms with E-state index in [4.69, 9.17) is 0 Å². The number of hydrogen-bond acceptors (Lipinski definition) is 2. The summed E-state index contributed by atoms with van der Waals surface area (Å²) in [7, 11) is 0. The van der Waals surface area contributed by atoms with Crippen LogP contribution >= 0.6 is 15.9 Å². The summed E-state index contributed by atoms with van der Waals surface area (Å²) in [6.45, 7) is 0.667. The zero-order chi connectivity index (χ0) is 13.2. The Morgan fingerprint density at radius 3 is 3.00 bits per heavy atom. The predicted octanol–water partition coefficient (Wildman–Crippen LogP) is 2.56. The van der Waals surface area contributed by atoms with Crippen LogP contribution in [0.1, 0.15) is 25.0 Å². The molecule has 0 saturated heterocycles. The maximum Gasteiger partial charge on any atom is 0.223 e. The molecular weight excluding hydrogens is 306 g/mol. The van der Waals surface area contributed by atoms with Crippen molar-refractivity contribution in [1.29, 1.82) is 0 Å². The van der Waals surface area contributed by atoms with Crippen molar-refractivity contribution in [3.63, 3.8) is 0 Å². The molecule has 0 aromatic carbocycles. The molecule has 1 N–H and O–H groups in total. The van der Waals surface area contributed by atoms with Crippen molar-refractivity contribution >= 4 is 27.5 Å². The van der Waals surface area contributed by atoms with Gasteiger partial charge in [-0.05, 0) is 40.9 Å². The fourth-order valence-corrected chi connectivity index (χ4v) is 2.62. The highest BCUT2D eigenvalue weighted by Crippen LogP contribution is 2.26. The number of hydrogen-bond donors (Lipinski definition) is 1. The van der Waals surface area contributed by atoms with Crippen molar-refractivity contribution in [2.24, 2.45) is 5.92 Å². The smallest absolute Gasteiger partial charge is 0.223 e. The maximum absolute atomic E-state index is 11.7. The Balaban J connectivity index is 1.57. The molecule has 2 aromatic rings. The average Bonchev–Trinajstić information content (AvgIpc) is 2.68. The number of nitrogens with one attached hydrogen (secondary N) is 1. The Morgan fingerprint density at radius 1 is 1.42 bits per heavy atom. The molecule has 2 heterocycles. The van der Waals surface area contributed by atoms with E-state index in [0.29, 0.717) is 6.54 Å². The van der Waals surface area contributed by atoms with Crippen LogP contribution in [0.15, 0.2) is 29.0 Å². The number of imidazole rings is 1. The van der Waals surface area contributed by atoms with Crippen LogP contribution in [0.25, 0.3) is 5.65 Å². The van der Waals surface area contributed by atoms with Gasteiger partial charge in [0, 0.05) is 35.7 Å². The summed E-state index contributed by atoms with van der Waals surface area (Å²) in [4.78, 5) is 16.2. The van der Waals surface area contributed by atoms with Crippen LogP contribution in [-0.4, -0.2) is 21.8 Å². The van der Waals surface area contributed by atoms with Gasteiger partial charge >= 0.3 is 0 Å². The maximum atomic E-state index is 11.7. The van der Waals surface area contributed by atoms with Gasteiger partial charge in [-0.3, -0.25) is 4.79 Å². The van der Waals surface area contributed by atoms with Gasteiger partial charge in [0.2, 0.25) is 5.91 Å². The molecule has 0 radical (unpaired) electrons. The number of carbonyl (C=O) groups excluding carboxylic acids is 1. The highest BCUT2D eigenvalue weighted by molar-refractivity contribution is 9.10. The van der Waals surface area contributed by atoms with Crippen LogP contribution < -0.4 is 5.32 Å². The number of aromatic nitrogens is 2. The van der Waals surface area contributed by atoms with E-state index in [9.17, 15) is 4.79 Å². The van der Waals surface area contributed by atoms with E-state index in [2.05, 4.69) is 26.2 Å². The monoisotopic (exact) mass is 321 g/mol. The van der Waals surface area contributed by atoms with E-state index < -0.39 is 0 Å². The van der Waals surface area contributed by atoms with Crippen molar-refractivity contribution in [3.8, 4) is 0 Å². The third-order valence-corrected chi connectivity index (χ3v) is 4.09. The SMILES string of the molecule is O=C(NCCc1cn2cc(Br)ccc2n1)C1CCC1. The van der Waals surface area contributed by atoms with Gasteiger partial charge in [-0.15, -0.1) is 0 Å². The van der Waals surface area contributed by atoms with E-state index in [1.807, 2.05) is 28.9 Å². The van der Waals surface area contributed by atoms with Gasteiger partial charge in [0.15, 0.2) is 0 Å². The Kier molecular flexibility index (Phi) is 3.55. The summed E-state index contributed by atoms with van der Waals surface area (Å²) in [6.07, 6.45) is 8.06. The zero-order valence-electron chi connectivity index (χ0n) is 10.6. The van der Waals surface area contributed by atoms with Gasteiger partial charge in [0.25, 0.3) is 0 Å². The zero-order valence-corrected chi connectivity index (χ0v) is 12.2. The Bertz CT molecular complexity index is 604. The lowest BCUT2D eigenvalue weighted by atomic mass is 9.85. The minimum atomic E-state index is 0.206. The van der Waals surface area contributed by atoms with Crippen LogP contribution in [0.3, 0.4) is 0 Å². The second-order valence-electron chi connectivity index (χ2n) is 5.01. The lowest BCUT2D eigenvalue weighted by Crippen LogP contribution is -2.35. The third-order valence-electron chi connectivity index (χ3n) is 3.62. The lowest BCUT2D eigenvalue weighted by molar-refractivity contribution is -0.127. The summed E-state index contributed by atoms with van der Waals surface area (Å²) in [5.41, 5.74) is 1.94. The molecule has 100 valence electrons. The van der Waals surface area contributed by atoms with E-state index >= 15 is 0 Å². The molecule has 0 atom stereocenters. The molecule has 1 aliphatic carbocycles. The minimum Gasteiger partial charge on any atom is -0.355 e. The van der Waals surface area contributed by atoms with Gasteiger partial charge in [-0.1, -0.05) is 6.42 Å². The van der Waals surface area contributed by atoms with Crippen molar-refractivity contribution in [2.75, 3.05) is 6.54 Å². The summed E-state index contributed by atoms with van der Waals surface area (Å²) >= 11 is 3.44. The second kappa shape index (κ2) is 5.33. The van der Waals surface area contributed by atoms with Gasteiger partial charge in [-0.25, -0.2) is 4.98 Å². The van der Waals surface area contributed by atoms with Crippen LogP contribution in [-0.2, 0) is 11.2 Å². The van der Waals surface area contributed by atoms with E-state index in [1.54, 1.807) is 0 Å². The molecule has 1 aliphatic rings. The molecule has 1 amide bonds. The van der Waals surface area contributed by atoms with E-state index in [1.165, 1.54) is 6.42 Å². The first-order valence-corrected chi connectivity index (χ1v) is 7.42. The number of halogens is 1. The topological polar surface area (TPSA) is 46.4 Å². The van der Waals surface area contributed by atoms with Crippen molar-refractivity contribution in [3.05, 3.63) is 34.7 Å². The summed E-state index contributed by atoms with van der Waals surface area (Å²) in [5, 5.41) is 2.99. The molecular formula is C14H16BrN3O. The third kappa shape index (κ3) is 2.81. The first-order chi connectivity index (χ1) is 9.22. The molecule has 2 aromatic heterocycles. The lowest BCUT2D eigenvalue weighted by Gasteiger charge is -2.23. The van der Waals surface area contributed by atoms with Crippen LogP contribution in [0.4, 0.5) is 0 Å². The van der Waals surface area contributed by atoms with Crippen molar-refractivity contribution < 1.29 is 4.79 Å². The fraction of sp³-hybridized carbons (Fsp3) is 0.429. The molecule has 0 spiro atoms. The summed E-state index contributed by atoms with van der Waals surface area (Å²) in [6, 6.07) is 3.95. The number of fused-ring (bicyclic) bond motifs is 1. The number of amides is 1.